The maximum absolute atomic E-state index is 11.8. The Bertz CT molecular complexity index is 374. The number of aromatic nitrogens is 1. The van der Waals surface area contributed by atoms with Crippen LogP contribution in [-0.4, -0.2) is 29.1 Å². The van der Waals surface area contributed by atoms with Crippen LogP contribution in [0.1, 0.15) is 31.9 Å². The van der Waals surface area contributed by atoms with Gasteiger partial charge in [-0.15, -0.1) is 0 Å². The third kappa shape index (κ3) is 6.11. The molecule has 0 bridgehead atoms. The SMILES string of the molecule is CC(C)C(O)c1ccn(CCCOCC(F)(F)F)c1. The van der Waals surface area contributed by atoms with Crippen LogP contribution in [0.15, 0.2) is 18.5 Å². The van der Waals surface area contributed by atoms with Gasteiger partial charge >= 0.3 is 6.18 Å². The Morgan fingerprint density at radius 2 is 2.05 bits per heavy atom. The molecule has 0 aliphatic carbocycles. The van der Waals surface area contributed by atoms with Crippen LogP contribution in [0.5, 0.6) is 0 Å². The second kappa shape index (κ2) is 6.96. The number of aliphatic hydroxyl groups is 1. The number of aliphatic hydroxyl groups excluding tert-OH is 1. The zero-order chi connectivity index (χ0) is 14.5. The third-order valence-corrected chi connectivity index (χ3v) is 2.72. The molecule has 110 valence electrons. The van der Waals surface area contributed by atoms with Crippen LogP contribution in [0, 0.1) is 5.92 Å². The lowest BCUT2D eigenvalue weighted by molar-refractivity contribution is -0.174. The van der Waals surface area contributed by atoms with Gasteiger partial charge in [-0.25, -0.2) is 0 Å². The van der Waals surface area contributed by atoms with E-state index in [1.54, 1.807) is 0 Å². The molecule has 0 saturated heterocycles. The van der Waals surface area contributed by atoms with Crippen molar-refractivity contribution in [2.75, 3.05) is 13.2 Å². The highest BCUT2D eigenvalue weighted by atomic mass is 19.4. The molecular formula is C13H20F3NO2. The summed E-state index contributed by atoms with van der Waals surface area (Å²) >= 11 is 0. The van der Waals surface area contributed by atoms with Crippen molar-refractivity contribution in [1.82, 2.24) is 4.57 Å². The van der Waals surface area contributed by atoms with Gasteiger partial charge in [0.1, 0.15) is 6.61 Å². The summed E-state index contributed by atoms with van der Waals surface area (Å²) in [7, 11) is 0. The maximum atomic E-state index is 11.8. The third-order valence-electron chi connectivity index (χ3n) is 2.72. The highest BCUT2D eigenvalue weighted by molar-refractivity contribution is 5.13. The number of hydrogen-bond acceptors (Lipinski definition) is 2. The van der Waals surface area contributed by atoms with E-state index in [9.17, 15) is 18.3 Å². The second-order valence-electron chi connectivity index (χ2n) is 4.89. The normalized spacial score (nSPS) is 14.1. The lowest BCUT2D eigenvalue weighted by Crippen LogP contribution is -2.17. The molecule has 6 heteroatoms. The molecular weight excluding hydrogens is 259 g/mol. The van der Waals surface area contributed by atoms with Gasteiger partial charge in [-0.3, -0.25) is 0 Å². The van der Waals surface area contributed by atoms with Gasteiger partial charge < -0.3 is 14.4 Å². The standard InChI is InChI=1S/C13H20F3NO2/c1-10(2)12(18)11-4-6-17(8-11)5-3-7-19-9-13(14,15)16/h4,6,8,10,12,18H,3,5,7,9H2,1-2H3. The zero-order valence-corrected chi connectivity index (χ0v) is 11.2. The van der Waals surface area contributed by atoms with Crippen LogP contribution in [0.25, 0.3) is 0 Å². The fourth-order valence-corrected chi connectivity index (χ4v) is 1.70. The van der Waals surface area contributed by atoms with Gasteiger partial charge in [0.2, 0.25) is 0 Å². The number of aryl methyl sites for hydroxylation is 1. The summed E-state index contributed by atoms with van der Waals surface area (Å²) in [5, 5.41) is 9.85. The minimum atomic E-state index is -4.26. The van der Waals surface area contributed by atoms with Gasteiger partial charge in [0.05, 0.1) is 6.10 Å². The van der Waals surface area contributed by atoms with Gasteiger partial charge in [-0.2, -0.15) is 13.2 Å². The van der Waals surface area contributed by atoms with Crippen molar-refractivity contribution in [3.8, 4) is 0 Å². The minimum Gasteiger partial charge on any atom is -0.388 e. The van der Waals surface area contributed by atoms with Gasteiger partial charge in [-0.1, -0.05) is 13.8 Å². The molecule has 0 saturated carbocycles. The molecule has 19 heavy (non-hydrogen) atoms. The highest BCUT2D eigenvalue weighted by Gasteiger charge is 2.27. The molecule has 0 aliphatic rings. The number of halogens is 3. The molecule has 0 spiro atoms. The van der Waals surface area contributed by atoms with E-state index in [2.05, 4.69) is 4.74 Å². The van der Waals surface area contributed by atoms with E-state index in [4.69, 9.17) is 0 Å². The molecule has 1 N–H and O–H groups in total. The predicted octanol–water partition coefficient (Wildman–Crippen LogP) is 3.15. The largest absolute Gasteiger partial charge is 0.411 e. The Hall–Kier alpha value is -1.01. The van der Waals surface area contributed by atoms with Crippen molar-refractivity contribution in [3.63, 3.8) is 0 Å². The van der Waals surface area contributed by atoms with Crippen LogP contribution in [-0.2, 0) is 11.3 Å². The van der Waals surface area contributed by atoms with E-state index in [1.807, 2.05) is 36.9 Å². The summed E-state index contributed by atoms with van der Waals surface area (Å²) in [6.07, 6.45) is -0.647. The number of hydrogen-bond donors (Lipinski definition) is 1. The molecule has 0 aromatic carbocycles. The second-order valence-corrected chi connectivity index (χ2v) is 4.89. The molecule has 0 amide bonds. The Morgan fingerprint density at radius 3 is 2.63 bits per heavy atom. The maximum Gasteiger partial charge on any atom is 0.411 e. The molecule has 0 fully saturated rings. The number of nitrogens with zero attached hydrogens (tertiary/aromatic N) is 1. The van der Waals surface area contributed by atoms with Crippen LogP contribution in [0.2, 0.25) is 0 Å². The molecule has 0 aliphatic heterocycles. The molecule has 1 aromatic heterocycles. The molecule has 1 aromatic rings. The fraction of sp³-hybridized carbons (Fsp3) is 0.692. The molecule has 1 heterocycles. The van der Waals surface area contributed by atoms with E-state index in [1.165, 1.54) is 0 Å². The van der Waals surface area contributed by atoms with Crippen LogP contribution < -0.4 is 0 Å². The average Bonchev–Trinajstić information content (AvgIpc) is 2.74. The minimum absolute atomic E-state index is 0.0692. The molecule has 0 radical (unpaired) electrons. The lowest BCUT2D eigenvalue weighted by atomic mass is 10.0. The molecule has 3 nitrogen and oxygen atoms in total. The molecule has 1 unspecified atom stereocenters. The Kier molecular flexibility index (Phi) is 5.87. The van der Waals surface area contributed by atoms with E-state index < -0.39 is 18.9 Å². The molecule has 1 atom stereocenters. The molecule has 1 rings (SSSR count). The predicted molar refractivity (Wildman–Crippen MR) is 65.7 cm³/mol. The number of rotatable bonds is 7. The average molecular weight is 279 g/mol. The monoisotopic (exact) mass is 279 g/mol. The smallest absolute Gasteiger partial charge is 0.388 e. The van der Waals surface area contributed by atoms with Crippen molar-refractivity contribution in [1.29, 1.82) is 0 Å². The first-order valence-corrected chi connectivity index (χ1v) is 6.28. The van der Waals surface area contributed by atoms with Gasteiger partial charge in [0, 0.05) is 25.5 Å². The van der Waals surface area contributed by atoms with Crippen molar-refractivity contribution in [2.45, 2.75) is 39.1 Å². The van der Waals surface area contributed by atoms with Crippen LogP contribution >= 0.6 is 0 Å². The first kappa shape index (κ1) is 16.0. The van der Waals surface area contributed by atoms with E-state index in [-0.39, 0.29) is 12.5 Å². The number of alkyl halides is 3. The summed E-state index contributed by atoms with van der Waals surface area (Å²) in [5.74, 6) is 0.131. The Balaban J connectivity index is 2.27. The highest BCUT2D eigenvalue weighted by Crippen LogP contribution is 2.21. The van der Waals surface area contributed by atoms with E-state index in [0.29, 0.717) is 13.0 Å². The van der Waals surface area contributed by atoms with E-state index >= 15 is 0 Å². The lowest BCUT2D eigenvalue weighted by Gasteiger charge is -2.12. The topological polar surface area (TPSA) is 34.4 Å². The Morgan fingerprint density at radius 1 is 1.37 bits per heavy atom. The summed E-state index contributed by atoms with van der Waals surface area (Å²) < 4.78 is 41.8. The van der Waals surface area contributed by atoms with Crippen molar-refractivity contribution in [2.24, 2.45) is 5.92 Å². The first-order chi connectivity index (χ1) is 8.79. The van der Waals surface area contributed by atoms with Gasteiger partial charge in [-0.05, 0) is 24.0 Å². The van der Waals surface area contributed by atoms with Crippen molar-refractivity contribution in [3.05, 3.63) is 24.0 Å². The number of ether oxygens (including phenoxy) is 1. The van der Waals surface area contributed by atoms with Crippen molar-refractivity contribution < 1.29 is 23.0 Å². The quantitative estimate of drug-likeness (QED) is 0.778. The van der Waals surface area contributed by atoms with Crippen LogP contribution in [0.3, 0.4) is 0 Å². The fourth-order valence-electron chi connectivity index (χ4n) is 1.70. The van der Waals surface area contributed by atoms with E-state index in [0.717, 1.165) is 5.56 Å². The van der Waals surface area contributed by atoms with Crippen LogP contribution in [0.4, 0.5) is 13.2 Å². The zero-order valence-electron chi connectivity index (χ0n) is 11.2. The van der Waals surface area contributed by atoms with Gasteiger partial charge in [0.15, 0.2) is 0 Å². The summed E-state index contributed by atoms with van der Waals surface area (Å²) in [6, 6.07) is 1.82. The summed E-state index contributed by atoms with van der Waals surface area (Å²) in [4.78, 5) is 0. The van der Waals surface area contributed by atoms with Gasteiger partial charge in [0.25, 0.3) is 0 Å². The summed E-state index contributed by atoms with van der Waals surface area (Å²) in [5.41, 5.74) is 0.825. The summed E-state index contributed by atoms with van der Waals surface area (Å²) in [6.45, 7) is 3.29. The Labute approximate surface area is 111 Å². The first-order valence-electron chi connectivity index (χ1n) is 6.28. The van der Waals surface area contributed by atoms with Crippen molar-refractivity contribution >= 4 is 0 Å².